The molecule has 0 unspecified atom stereocenters. The van der Waals surface area contributed by atoms with E-state index in [2.05, 4.69) is 47.8 Å². The van der Waals surface area contributed by atoms with Crippen molar-refractivity contribution in [1.29, 1.82) is 0 Å². The molecule has 4 nitrogen and oxygen atoms in total. The molecular weight excluding hydrogens is 348 g/mol. The Hall–Kier alpha value is -2.85. The largest absolute Gasteiger partial charge is 0.445 e. The Bertz CT molecular complexity index is 915. The van der Waals surface area contributed by atoms with Crippen LogP contribution in [-0.4, -0.2) is 25.7 Å². The summed E-state index contributed by atoms with van der Waals surface area (Å²) in [5.41, 5.74) is 2.30. The van der Waals surface area contributed by atoms with Gasteiger partial charge in [0.2, 0.25) is 0 Å². The molecule has 3 aromatic rings. The van der Waals surface area contributed by atoms with Crippen molar-refractivity contribution in [2.45, 2.75) is 25.5 Å². The quantitative estimate of drug-likeness (QED) is 0.693. The Morgan fingerprint density at radius 3 is 2.46 bits per heavy atom. The lowest BCUT2D eigenvalue weighted by Gasteiger charge is -2.26. The summed E-state index contributed by atoms with van der Waals surface area (Å²) in [6, 6.07) is 25.0. The molecule has 1 aliphatic rings. The minimum absolute atomic E-state index is 0.234. The summed E-state index contributed by atoms with van der Waals surface area (Å²) in [7, 11) is 0. The molecule has 0 aliphatic carbocycles. The lowest BCUT2D eigenvalue weighted by atomic mass is 9.97. The predicted octanol–water partition coefficient (Wildman–Crippen LogP) is 3.49. The average molecular weight is 375 g/mol. The molecule has 3 aromatic carbocycles. The maximum Gasteiger partial charge on any atom is 0.407 e. The first-order chi connectivity index (χ1) is 13.8. The first kappa shape index (κ1) is 18.5. The molecular formula is C24H27N2O2+. The minimum Gasteiger partial charge on any atom is -0.445 e. The van der Waals surface area contributed by atoms with E-state index in [0.717, 1.165) is 18.7 Å². The summed E-state index contributed by atoms with van der Waals surface area (Å²) in [6.07, 6.45) is 2.14. The van der Waals surface area contributed by atoms with Crippen molar-refractivity contribution in [3.63, 3.8) is 0 Å². The van der Waals surface area contributed by atoms with E-state index in [1.807, 2.05) is 30.3 Å². The van der Waals surface area contributed by atoms with Gasteiger partial charge in [0.15, 0.2) is 0 Å². The molecule has 1 fully saturated rings. The fourth-order valence-corrected chi connectivity index (χ4v) is 4.17. The zero-order valence-corrected chi connectivity index (χ0v) is 16.1. The summed E-state index contributed by atoms with van der Waals surface area (Å²) in [6.45, 7) is 3.17. The molecule has 0 saturated carbocycles. The molecule has 2 N–H and O–H groups in total. The standard InChI is InChI=1S/C24H26N2O2/c27-24(28-18-19-9-2-1-3-10-19)25-17-23(26-15-6-7-16-26)22-14-8-12-20-11-4-5-13-21(20)22/h1-5,8-14,23H,6-7,15-18H2,(H,25,27)/p+1/t23-/m0/s1. The molecule has 28 heavy (non-hydrogen) atoms. The Kier molecular flexibility index (Phi) is 5.88. The number of nitrogens with one attached hydrogen (secondary N) is 2. The molecule has 1 aliphatic heterocycles. The van der Waals surface area contributed by atoms with E-state index in [4.69, 9.17) is 4.74 Å². The molecule has 1 heterocycles. The summed E-state index contributed by atoms with van der Waals surface area (Å²) in [5.74, 6) is 0. The van der Waals surface area contributed by atoms with Crippen LogP contribution in [0, 0.1) is 0 Å². The smallest absolute Gasteiger partial charge is 0.407 e. The van der Waals surface area contributed by atoms with Gasteiger partial charge in [-0.25, -0.2) is 4.79 Å². The Labute approximate surface area is 166 Å². The fraction of sp³-hybridized carbons (Fsp3) is 0.292. The summed E-state index contributed by atoms with van der Waals surface area (Å²) in [4.78, 5) is 13.8. The van der Waals surface area contributed by atoms with Gasteiger partial charge in [-0.2, -0.15) is 0 Å². The van der Waals surface area contributed by atoms with Gasteiger partial charge >= 0.3 is 6.09 Å². The highest BCUT2D eigenvalue weighted by Crippen LogP contribution is 2.23. The Morgan fingerprint density at radius 1 is 0.929 bits per heavy atom. The van der Waals surface area contributed by atoms with Gasteiger partial charge in [0.1, 0.15) is 12.6 Å². The summed E-state index contributed by atoms with van der Waals surface area (Å²) >= 11 is 0. The molecule has 1 saturated heterocycles. The number of quaternary nitrogens is 1. The van der Waals surface area contributed by atoms with E-state index >= 15 is 0 Å². The molecule has 0 aromatic heterocycles. The second-order valence-corrected chi connectivity index (χ2v) is 7.43. The van der Waals surface area contributed by atoms with Crippen LogP contribution < -0.4 is 10.2 Å². The van der Waals surface area contributed by atoms with Crippen LogP contribution in [0.25, 0.3) is 10.8 Å². The zero-order chi connectivity index (χ0) is 19.2. The number of amides is 1. The maximum absolute atomic E-state index is 12.3. The maximum atomic E-state index is 12.3. The lowest BCUT2D eigenvalue weighted by molar-refractivity contribution is -0.918. The minimum atomic E-state index is -0.354. The van der Waals surface area contributed by atoms with Gasteiger partial charge in [-0.15, -0.1) is 0 Å². The van der Waals surface area contributed by atoms with Gasteiger partial charge in [0, 0.05) is 18.4 Å². The molecule has 0 spiro atoms. The van der Waals surface area contributed by atoms with Gasteiger partial charge in [-0.3, -0.25) is 0 Å². The SMILES string of the molecule is O=C(NC[C@@H](c1cccc2ccccc12)[NH+]1CCCC1)OCc1ccccc1. The van der Waals surface area contributed by atoms with E-state index in [0.29, 0.717) is 13.2 Å². The van der Waals surface area contributed by atoms with Crippen LogP contribution in [0.1, 0.15) is 30.0 Å². The third kappa shape index (κ3) is 4.34. The summed E-state index contributed by atoms with van der Waals surface area (Å²) < 4.78 is 5.41. The van der Waals surface area contributed by atoms with E-state index in [1.165, 1.54) is 29.2 Å². The van der Waals surface area contributed by atoms with Crippen LogP contribution in [0.2, 0.25) is 0 Å². The number of ether oxygens (including phenoxy) is 1. The van der Waals surface area contributed by atoms with E-state index in [9.17, 15) is 4.79 Å². The van der Waals surface area contributed by atoms with Gasteiger partial charge < -0.3 is 15.0 Å². The number of rotatable bonds is 6. The van der Waals surface area contributed by atoms with E-state index in [-0.39, 0.29) is 12.1 Å². The van der Waals surface area contributed by atoms with Crippen molar-refractivity contribution < 1.29 is 14.4 Å². The highest BCUT2D eigenvalue weighted by Gasteiger charge is 2.29. The number of benzene rings is 3. The van der Waals surface area contributed by atoms with Crippen LogP contribution in [0.5, 0.6) is 0 Å². The number of hydrogen-bond acceptors (Lipinski definition) is 2. The number of alkyl carbamates (subject to hydrolysis) is 1. The first-order valence-corrected chi connectivity index (χ1v) is 10.1. The van der Waals surface area contributed by atoms with E-state index in [1.54, 1.807) is 4.90 Å². The molecule has 0 bridgehead atoms. The first-order valence-electron chi connectivity index (χ1n) is 10.1. The zero-order valence-electron chi connectivity index (χ0n) is 16.1. The number of carbonyl (C=O) groups excluding carboxylic acids is 1. The van der Waals surface area contributed by atoms with Crippen LogP contribution >= 0.6 is 0 Å². The van der Waals surface area contributed by atoms with Crippen molar-refractivity contribution in [3.05, 3.63) is 83.9 Å². The molecule has 1 atom stereocenters. The monoisotopic (exact) mass is 375 g/mol. The molecule has 0 radical (unpaired) electrons. The van der Waals surface area contributed by atoms with Crippen molar-refractivity contribution in [2.24, 2.45) is 0 Å². The molecule has 1 amide bonds. The van der Waals surface area contributed by atoms with Crippen molar-refractivity contribution in [3.8, 4) is 0 Å². The summed E-state index contributed by atoms with van der Waals surface area (Å²) in [5, 5.41) is 5.53. The number of likely N-dealkylation sites (tertiary alicyclic amines) is 1. The van der Waals surface area contributed by atoms with Gasteiger partial charge in [0.05, 0.1) is 19.6 Å². The highest BCUT2D eigenvalue weighted by atomic mass is 16.5. The lowest BCUT2D eigenvalue weighted by Crippen LogP contribution is -3.11. The van der Waals surface area contributed by atoms with Crippen LogP contribution in [0.4, 0.5) is 4.79 Å². The van der Waals surface area contributed by atoms with Crippen LogP contribution in [0.15, 0.2) is 72.8 Å². The van der Waals surface area contributed by atoms with Gasteiger partial charge in [0.25, 0.3) is 0 Å². The van der Waals surface area contributed by atoms with Crippen molar-refractivity contribution in [1.82, 2.24) is 5.32 Å². The van der Waals surface area contributed by atoms with Crippen LogP contribution in [-0.2, 0) is 11.3 Å². The second kappa shape index (κ2) is 8.89. The average Bonchev–Trinajstić information content (AvgIpc) is 3.28. The van der Waals surface area contributed by atoms with Crippen LogP contribution in [0.3, 0.4) is 0 Å². The Balaban J connectivity index is 1.47. The molecule has 144 valence electrons. The molecule has 4 rings (SSSR count). The number of fused-ring (bicyclic) bond motifs is 1. The highest BCUT2D eigenvalue weighted by molar-refractivity contribution is 5.86. The van der Waals surface area contributed by atoms with Crippen molar-refractivity contribution >= 4 is 16.9 Å². The third-order valence-corrected chi connectivity index (χ3v) is 5.60. The topological polar surface area (TPSA) is 42.8 Å². The normalized spacial score (nSPS) is 15.4. The second-order valence-electron chi connectivity index (χ2n) is 7.43. The van der Waals surface area contributed by atoms with Gasteiger partial charge in [-0.1, -0.05) is 72.8 Å². The third-order valence-electron chi connectivity index (χ3n) is 5.60. The predicted molar refractivity (Wildman–Crippen MR) is 111 cm³/mol. The Morgan fingerprint density at radius 2 is 1.64 bits per heavy atom. The van der Waals surface area contributed by atoms with E-state index < -0.39 is 0 Å². The number of hydrogen-bond donors (Lipinski definition) is 2. The fourth-order valence-electron chi connectivity index (χ4n) is 4.17. The molecule has 4 heteroatoms. The van der Waals surface area contributed by atoms with Gasteiger partial charge in [-0.05, 0) is 16.3 Å². The number of carbonyl (C=O) groups is 1. The van der Waals surface area contributed by atoms with Crippen molar-refractivity contribution in [2.75, 3.05) is 19.6 Å².